The van der Waals surface area contributed by atoms with E-state index < -0.39 is 0 Å². The number of nitrogens with zero attached hydrogens (tertiary/aromatic N) is 1. The van der Waals surface area contributed by atoms with Gasteiger partial charge in [0.1, 0.15) is 11.6 Å². The molecular formula is C18H21FN2S. The van der Waals surface area contributed by atoms with Gasteiger partial charge in [0, 0.05) is 18.5 Å². The molecule has 0 saturated heterocycles. The van der Waals surface area contributed by atoms with Crippen molar-refractivity contribution in [1.82, 2.24) is 4.98 Å². The maximum Gasteiger partial charge on any atom is 0.126 e. The smallest absolute Gasteiger partial charge is 0.126 e. The molecule has 0 atom stereocenters. The molecule has 3 rings (SSSR count). The summed E-state index contributed by atoms with van der Waals surface area (Å²) in [5.74, 6) is 3.43. The third-order valence-electron chi connectivity index (χ3n) is 3.88. The summed E-state index contributed by atoms with van der Waals surface area (Å²) in [5, 5.41) is 3.38. The Morgan fingerprint density at radius 3 is 2.91 bits per heavy atom. The number of benzene rings is 1. The number of anilines is 1. The molecule has 2 nitrogen and oxygen atoms in total. The highest BCUT2D eigenvalue weighted by Crippen LogP contribution is 2.42. The predicted octanol–water partition coefficient (Wildman–Crippen LogP) is 4.96. The average Bonchev–Trinajstić information content (AvgIpc) is 3.37. The topological polar surface area (TPSA) is 24.9 Å². The predicted molar refractivity (Wildman–Crippen MR) is 91.8 cm³/mol. The SMILES string of the molecule is CCSCc1ccnc(NCc2ccc(F)cc2C2CC2)c1. The molecule has 1 aliphatic carbocycles. The van der Waals surface area contributed by atoms with Crippen molar-refractivity contribution in [2.24, 2.45) is 0 Å². The van der Waals surface area contributed by atoms with Gasteiger partial charge in [0.2, 0.25) is 0 Å². The molecule has 116 valence electrons. The Morgan fingerprint density at radius 1 is 1.27 bits per heavy atom. The zero-order chi connectivity index (χ0) is 15.4. The van der Waals surface area contributed by atoms with Crippen LogP contribution in [0.4, 0.5) is 10.2 Å². The highest BCUT2D eigenvalue weighted by Gasteiger charge is 2.26. The third kappa shape index (κ3) is 4.01. The summed E-state index contributed by atoms with van der Waals surface area (Å²) in [5.41, 5.74) is 3.62. The van der Waals surface area contributed by atoms with Gasteiger partial charge < -0.3 is 5.32 Å². The van der Waals surface area contributed by atoms with Gasteiger partial charge in [0.05, 0.1) is 0 Å². The van der Waals surface area contributed by atoms with Gasteiger partial charge in [-0.2, -0.15) is 11.8 Å². The molecule has 0 radical (unpaired) electrons. The van der Waals surface area contributed by atoms with Crippen molar-refractivity contribution in [3.05, 3.63) is 59.0 Å². The molecule has 1 N–H and O–H groups in total. The Kier molecular flexibility index (Phi) is 4.98. The van der Waals surface area contributed by atoms with Gasteiger partial charge >= 0.3 is 0 Å². The maximum absolute atomic E-state index is 13.4. The lowest BCUT2D eigenvalue weighted by Crippen LogP contribution is -2.04. The summed E-state index contributed by atoms with van der Waals surface area (Å²) in [7, 11) is 0. The van der Waals surface area contributed by atoms with E-state index in [4.69, 9.17) is 0 Å². The van der Waals surface area contributed by atoms with E-state index in [1.165, 1.54) is 24.0 Å². The largest absolute Gasteiger partial charge is 0.366 e. The van der Waals surface area contributed by atoms with Crippen molar-refractivity contribution >= 4 is 17.6 Å². The van der Waals surface area contributed by atoms with Crippen LogP contribution in [0, 0.1) is 5.82 Å². The van der Waals surface area contributed by atoms with Crippen LogP contribution in [-0.2, 0) is 12.3 Å². The summed E-state index contributed by atoms with van der Waals surface area (Å²) in [6.45, 7) is 2.86. The average molecular weight is 316 g/mol. The zero-order valence-corrected chi connectivity index (χ0v) is 13.6. The summed E-state index contributed by atoms with van der Waals surface area (Å²) in [6.07, 6.45) is 4.21. The Hall–Kier alpha value is -1.55. The van der Waals surface area contributed by atoms with Crippen LogP contribution in [0.3, 0.4) is 0 Å². The van der Waals surface area contributed by atoms with Crippen molar-refractivity contribution in [2.45, 2.75) is 38.0 Å². The Balaban J connectivity index is 1.67. The molecule has 0 bridgehead atoms. The van der Waals surface area contributed by atoms with Crippen molar-refractivity contribution in [1.29, 1.82) is 0 Å². The first kappa shape index (κ1) is 15.3. The molecule has 0 spiro atoms. The van der Waals surface area contributed by atoms with Crippen LogP contribution in [-0.4, -0.2) is 10.7 Å². The molecule has 22 heavy (non-hydrogen) atoms. The second-order valence-electron chi connectivity index (χ2n) is 5.66. The van der Waals surface area contributed by atoms with Crippen LogP contribution < -0.4 is 5.32 Å². The minimum Gasteiger partial charge on any atom is -0.366 e. The molecule has 1 heterocycles. The number of hydrogen-bond donors (Lipinski definition) is 1. The Morgan fingerprint density at radius 2 is 2.14 bits per heavy atom. The summed E-state index contributed by atoms with van der Waals surface area (Å²) in [6, 6.07) is 9.29. The first-order valence-corrected chi connectivity index (χ1v) is 8.96. The van der Waals surface area contributed by atoms with Gasteiger partial charge in [-0.3, -0.25) is 0 Å². The molecule has 4 heteroatoms. The molecule has 0 aliphatic heterocycles. The van der Waals surface area contributed by atoms with Gasteiger partial charge in [-0.1, -0.05) is 13.0 Å². The molecule has 2 aromatic rings. The molecular weight excluding hydrogens is 295 g/mol. The lowest BCUT2D eigenvalue weighted by molar-refractivity contribution is 0.624. The first-order chi connectivity index (χ1) is 10.8. The van der Waals surface area contributed by atoms with E-state index in [0.29, 0.717) is 12.5 Å². The fourth-order valence-corrected chi connectivity index (χ4v) is 3.19. The van der Waals surface area contributed by atoms with Gasteiger partial charge in [0.15, 0.2) is 0 Å². The number of pyridine rings is 1. The van der Waals surface area contributed by atoms with Crippen LogP contribution in [0.2, 0.25) is 0 Å². The molecule has 0 amide bonds. The lowest BCUT2D eigenvalue weighted by atomic mass is 10.0. The summed E-state index contributed by atoms with van der Waals surface area (Å²) < 4.78 is 13.4. The van der Waals surface area contributed by atoms with E-state index in [9.17, 15) is 4.39 Å². The number of rotatable bonds is 7. The van der Waals surface area contributed by atoms with Crippen molar-refractivity contribution in [2.75, 3.05) is 11.1 Å². The van der Waals surface area contributed by atoms with Gasteiger partial charge in [-0.25, -0.2) is 9.37 Å². The number of hydrogen-bond acceptors (Lipinski definition) is 3. The third-order valence-corrected chi connectivity index (χ3v) is 4.83. The Labute approximate surface area is 135 Å². The molecule has 1 aromatic heterocycles. The normalized spacial score (nSPS) is 14.1. The van der Waals surface area contributed by atoms with E-state index in [0.717, 1.165) is 22.9 Å². The van der Waals surface area contributed by atoms with E-state index >= 15 is 0 Å². The highest BCUT2D eigenvalue weighted by atomic mass is 32.2. The van der Waals surface area contributed by atoms with E-state index in [1.54, 1.807) is 12.1 Å². The fourth-order valence-electron chi connectivity index (χ4n) is 2.57. The zero-order valence-electron chi connectivity index (χ0n) is 12.8. The second-order valence-corrected chi connectivity index (χ2v) is 6.93. The molecule has 1 aliphatic rings. The molecule has 0 unspecified atom stereocenters. The molecule has 1 saturated carbocycles. The van der Waals surface area contributed by atoms with E-state index in [1.807, 2.05) is 24.0 Å². The number of halogens is 1. The molecule has 1 aromatic carbocycles. The number of aromatic nitrogens is 1. The Bertz CT molecular complexity index is 641. The quantitative estimate of drug-likeness (QED) is 0.781. The monoisotopic (exact) mass is 316 g/mol. The van der Waals surface area contributed by atoms with Crippen molar-refractivity contribution in [3.8, 4) is 0 Å². The maximum atomic E-state index is 13.4. The second kappa shape index (κ2) is 7.14. The van der Waals surface area contributed by atoms with E-state index in [2.05, 4.69) is 29.4 Å². The minimum absolute atomic E-state index is 0.137. The van der Waals surface area contributed by atoms with Crippen LogP contribution >= 0.6 is 11.8 Å². The van der Waals surface area contributed by atoms with E-state index in [-0.39, 0.29) is 5.82 Å². The van der Waals surface area contributed by atoms with Gasteiger partial charge in [-0.05, 0) is 65.5 Å². The lowest BCUT2D eigenvalue weighted by Gasteiger charge is -2.11. The van der Waals surface area contributed by atoms with Crippen molar-refractivity contribution < 1.29 is 4.39 Å². The summed E-state index contributed by atoms with van der Waals surface area (Å²) in [4.78, 5) is 4.38. The standard InChI is InChI=1S/C18H21FN2S/c1-2-22-12-13-7-8-20-18(9-13)21-11-15-5-6-16(19)10-17(15)14-3-4-14/h5-10,14H,2-4,11-12H2,1H3,(H,20,21). The molecule has 1 fully saturated rings. The van der Waals surface area contributed by atoms with Crippen LogP contribution in [0.15, 0.2) is 36.5 Å². The summed E-state index contributed by atoms with van der Waals surface area (Å²) >= 11 is 1.90. The highest BCUT2D eigenvalue weighted by molar-refractivity contribution is 7.98. The van der Waals surface area contributed by atoms with Crippen molar-refractivity contribution in [3.63, 3.8) is 0 Å². The number of nitrogens with one attached hydrogen (secondary N) is 1. The van der Waals surface area contributed by atoms with Crippen LogP contribution in [0.1, 0.15) is 42.4 Å². The first-order valence-electron chi connectivity index (χ1n) is 7.81. The number of thioether (sulfide) groups is 1. The minimum atomic E-state index is -0.137. The van der Waals surface area contributed by atoms with Crippen LogP contribution in [0.25, 0.3) is 0 Å². The van der Waals surface area contributed by atoms with Gasteiger partial charge in [-0.15, -0.1) is 0 Å². The fraction of sp³-hybridized carbons (Fsp3) is 0.389. The van der Waals surface area contributed by atoms with Crippen LogP contribution in [0.5, 0.6) is 0 Å². The van der Waals surface area contributed by atoms with Gasteiger partial charge in [0.25, 0.3) is 0 Å².